The molecule has 6 heteroatoms. The van der Waals surface area contributed by atoms with Gasteiger partial charge in [0.1, 0.15) is 13.2 Å². The van der Waals surface area contributed by atoms with Crippen LogP contribution in [-0.2, 0) is 28.6 Å². The molecule has 0 spiro atoms. The number of hydrogen-bond acceptors (Lipinski definition) is 6. The highest BCUT2D eigenvalue weighted by atomic mass is 16.6. The largest absolute Gasteiger partial charge is 0.462 e. The van der Waals surface area contributed by atoms with Crippen LogP contribution >= 0.6 is 0 Å². The molecule has 0 N–H and O–H groups in total. The lowest BCUT2D eigenvalue weighted by atomic mass is 10.1. The number of allylic oxidation sites excluding steroid dienone is 32. The molecule has 0 aromatic heterocycles. The van der Waals surface area contributed by atoms with E-state index in [1.807, 2.05) is 0 Å². The smallest absolute Gasteiger partial charge is 0.306 e. The van der Waals surface area contributed by atoms with Crippen molar-refractivity contribution in [2.75, 3.05) is 13.2 Å². The summed E-state index contributed by atoms with van der Waals surface area (Å²) in [6.45, 7) is 6.28. The van der Waals surface area contributed by atoms with E-state index in [1.165, 1.54) is 70.6 Å². The Kier molecular flexibility index (Phi) is 64.0. The fraction of sp³-hybridized carbons (Fsp3) is 0.545. The maximum Gasteiger partial charge on any atom is 0.306 e. The molecule has 0 rings (SSSR count). The van der Waals surface area contributed by atoms with E-state index in [0.29, 0.717) is 19.3 Å². The summed E-state index contributed by atoms with van der Waals surface area (Å²) >= 11 is 0. The molecule has 462 valence electrons. The highest BCUT2D eigenvalue weighted by Crippen LogP contribution is 2.13. The van der Waals surface area contributed by atoms with E-state index in [0.717, 1.165) is 128 Å². The van der Waals surface area contributed by atoms with E-state index in [2.05, 4.69) is 215 Å². The molecule has 0 saturated heterocycles. The molecule has 0 aromatic rings. The maximum absolute atomic E-state index is 12.9. The average molecular weight is 1140 g/mol. The summed E-state index contributed by atoms with van der Waals surface area (Å²) in [5, 5.41) is 0. The Morgan fingerprint density at radius 3 is 0.783 bits per heavy atom. The van der Waals surface area contributed by atoms with Crippen LogP contribution in [0, 0.1) is 0 Å². The SMILES string of the molecule is CC/C=C\C/C=C\C/C=C\C/C=C\C/C=C\C/C=C\C/C=C\CCCC(=O)OCC(COC(=O)CCCCCCCCCCC/C=C\C/C=C\CCCCC)OC(=O)CCC/C=C\C/C=C\C/C=C\C/C=C\C/C=C\C/C=C\C/C=C\CC. The van der Waals surface area contributed by atoms with Gasteiger partial charge < -0.3 is 14.2 Å². The third kappa shape index (κ3) is 66.9. The highest BCUT2D eigenvalue weighted by Gasteiger charge is 2.19. The Bertz CT molecular complexity index is 1990. The summed E-state index contributed by atoms with van der Waals surface area (Å²) in [5.41, 5.74) is 0. The fourth-order valence-corrected chi connectivity index (χ4v) is 8.21. The second-order valence-corrected chi connectivity index (χ2v) is 20.9. The first-order chi connectivity index (χ1) is 41.0. The number of carbonyl (C=O) groups excluding carboxylic acids is 3. The second-order valence-electron chi connectivity index (χ2n) is 20.9. The lowest BCUT2D eigenvalue weighted by Crippen LogP contribution is -2.30. The summed E-state index contributed by atoms with van der Waals surface area (Å²) in [6, 6.07) is 0. The van der Waals surface area contributed by atoms with Crippen molar-refractivity contribution < 1.29 is 28.6 Å². The first-order valence-electron chi connectivity index (χ1n) is 32.9. The number of ether oxygens (including phenoxy) is 3. The average Bonchev–Trinajstić information content (AvgIpc) is 3.49. The van der Waals surface area contributed by atoms with Gasteiger partial charge in [-0.3, -0.25) is 14.4 Å². The van der Waals surface area contributed by atoms with Crippen molar-refractivity contribution in [1.82, 2.24) is 0 Å². The van der Waals surface area contributed by atoms with Crippen molar-refractivity contribution in [1.29, 1.82) is 0 Å². The third-order valence-corrected chi connectivity index (χ3v) is 13.1. The molecule has 1 atom stereocenters. The van der Waals surface area contributed by atoms with Crippen LogP contribution in [-0.4, -0.2) is 37.2 Å². The van der Waals surface area contributed by atoms with Crippen LogP contribution in [0.25, 0.3) is 0 Å². The van der Waals surface area contributed by atoms with Crippen LogP contribution in [0.4, 0.5) is 0 Å². The Balaban J connectivity index is 4.64. The van der Waals surface area contributed by atoms with E-state index in [9.17, 15) is 14.4 Å². The van der Waals surface area contributed by atoms with E-state index in [1.54, 1.807) is 0 Å². The molecule has 83 heavy (non-hydrogen) atoms. The highest BCUT2D eigenvalue weighted by molar-refractivity contribution is 5.71. The van der Waals surface area contributed by atoms with Gasteiger partial charge in [0.05, 0.1) is 0 Å². The minimum absolute atomic E-state index is 0.132. The zero-order valence-electron chi connectivity index (χ0n) is 52.9. The van der Waals surface area contributed by atoms with E-state index in [4.69, 9.17) is 14.2 Å². The quantitative estimate of drug-likeness (QED) is 0.0261. The molecule has 1 unspecified atom stereocenters. The van der Waals surface area contributed by atoms with Crippen LogP contribution < -0.4 is 0 Å². The third-order valence-electron chi connectivity index (χ3n) is 13.1. The summed E-state index contributed by atoms with van der Waals surface area (Å²) in [6.07, 6.45) is 104. The van der Waals surface area contributed by atoms with Gasteiger partial charge in [0.15, 0.2) is 6.10 Å². The monoisotopic (exact) mass is 1140 g/mol. The van der Waals surface area contributed by atoms with Crippen molar-refractivity contribution in [2.24, 2.45) is 0 Å². The number of hydrogen-bond donors (Lipinski definition) is 0. The molecule has 0 aliphatic rings. The van der Waals surface area contributed by atoms with Crippen LogP contribution in [0.15, 0.2) is 194 Å². The standard InChI is InChI=1S/C77H118O6/c1-4-7-10-13-16-19-22-25-28-31-34-36-38-40-43-46-49-52-55-58-61-64-67-70-76(79)82-73-74(72-81-75(78)69-66-63-60-57-54-51-48-45-42-33-30-27-24-21-18-15-12-9-6-3)83-77(80)71-68-65-62-59-56-53-50-47-44-41-39-37-35-32-29-26-23-20-17-14-11-8-5-2/h7-8,10-11,16-21,25-30,34-37,40-41,43-44,49-50,52-53,58-59,61-62,74H,4-6,9,12-15,22-24,31-33,38-39,42,45-48,51,54-57,60,63-73H2,1-3H3/b10-7-,11-8-,19-16-,20-17-,21-18-,28-25-,29-26-,30-27-,36-34-,37-35-,43-40-,44-41-,52-49-,53-50-,61-58-,62-59-. The van der Waals surface area contributed by atoms with Gasteiger partial charge in [-0.05, 0) is 154 Å². The number of unbranched alkanes of at least 4 members (excludes halogenated alkanes) is 14. The Labute approximate surface area is 509 Å². The van der Waals surface area contributed by atoms with Gasteiger partial charge in [-0.1, -0.05) is 273 Å². The molecular formula is C77H118O6. The van der Waals surface area contributed by atoms with Gasteiger partial charge >= 0.3 is 17.9 Å². The molecule has 0 aliphatic carbocycles. The fourth-order valence-electron chi connectivity index (χ4n) is 8.21. The van der Waals surface area contributed by atoms with Crippen LogP contribution in [0.1, 0.15) is 252 Å². The molecule has 0 amide bonds. The minimum atomic E-state index is -0.849. The Hall–Kier alpha value is -5.75. The molecule has 0 aliphatic heterocycles. The topological polar surface area (TPSA) is 78.9 Å². The minimum Gasteiger partial charge on any atom is -0.462 e. The first kappa shape index (κ1) is 77.2. The molecule has 0 saturated carbocycles. The lowest BCUT2D eigenvalue weighted by molar-refractivity contribution is -0.167. The predicted octanol–water partition coefficient (Wildman–Crippen LogP) is 23.0. The van der Waals surface area contributed by atoms with Crippen molar-refractivity contribution in [3.63, 3.8) is 0 Å². The van der Waals surface area contributed by atoms with Crippen molar-refractivity contribution in [3.05, 3.63) is 194 Å². The molecule has 0 radical (unpaired) electrons. The van der Waals surface area contributed by atoms with E-state index in [-0.39, 0.29) is 38.0 Å². The maximum atomic E-state index is 12.9. The van der Waals surface area contributed by atoms with Crippen molar-refractivity contribution in [3.8, 4) is 0 Å². The summed E-state index contributed by atoms with van der Waals surface area (Å²) < 4.78 is 16.8. The Morgan fingerprint density at radius 1 is 0.253 bits per heavy atom. The van der Waals surface area contributed by atoms with Gasteiger partial charge in [0, 0.05) is 19.3 Å². The van der Waals surface area contributed by atoms with Gasteiger partial charge in [-0.2, -0.15) is 0 Å². The summed E-state index contributed by atoms with van der Waals surface area (Å²) in [7, 11) is 0. The molecule has 0 aromatic carbocycles. The van der Waals surface area contributed by atoms with E-state index >= 15 is 0 Å². The number of rotatable bonds is 57. The zero-order chi connectivity index (χ0) is 59.9. The van der Waals surface area contributed by atoms with Gasteiger partial charge in [-0.15, -0.1) is 0 Å². The zero-order valence-corrected chi connectivity index (χ0v) is 52.9. The number of carbonyl (C=O) groups is 3. The molecule has 0 fully saturated rings. The molecule has 6 nitrogen and oxygen atoms in total. The lowest BCUT2D eigenvalue weighted by Gasteiger charge is -2.18. The Morgan fingerprint density at radius 2 is 0.482 bits per heavy atom. The van der Waals surface area contributed by atoms with Gasteiger partial charge in [-0.25, -0.2) is 0 Å². The second kappa shape index (κ2) is 68.7. The molecule has 0 heterocycles. The van der Waals surface area contributed by atoms with Crippen molar-refractivity contribution >= 4 is 17.9 Å². The van der Waals surface area contributed by atoms with Crippen LogP contribution in [0.5, 0.6) is 0 Å². The normalized spacial score (nSPS) is 13.4. The summed E-state index contributed by atoms with van der Waals surface area (Å²) in [5.74, 6) is -1.07. The van der Waals surface area contributed by atoms with Gasteiger partial charge in [0.25, 0.3) is 0 Å². The van der Waals surface area contributed by atoms with Crippen LogP contribution in [0.2, 0.25) is 0 Å². The van der Waals surface area contributed by atoms with Gasteiger partial charge in [0.2, 0.25) is 0 Å². The molecule has 0 bridgehead atoms. The van der Waals surface area contributed by atoms with E-state index < -0.39 is 12.1 Å². The van der Waals surface area contributed by atoms with Crippen molar-refractivity contribution in [2.45, 2.75) is 258 Å². The predicted molar refractivity (Wildman–Crippen MR) is 361 cm³/mol. The summed E-state index contributed by atoms with van der Waals surface area (Å²) in [4.78, 5) is 38.4. The molecular weight excluding hydrogens is 1020 g/mol. The first-order valence-corrected chi connectivity index (χ1v) is 32.9. The number of esters is 3. The van der Waals surface area contributed by atoms with Crippen LogP contribution in [0.3, 0.4) is 0 Å².